The van der Waals surface area contributed by atoms with Crippen LogP contribution in [-0.4, -0.2) is 0 Å². The van der Waals surface area contributed by atoms with Crippen molar-refractivity contribution in [1.82, 2.24) is 0 Å². The molecule has 0 saturated carbocycles. The molecule has 0 radical (unpaired) electrons. The van der Waals surface area contributed by atoms with E-state index in [0.717, 1.165) is 31.3 Å². The van der Waals surface area contributed by atoms with Crippen molar-refractivity contribution in [1.29, 1.82) is 0 Å². The number of hydrogen-bond acceptors (Lipinski definition) is 0. The number of allylic oxidation sites excluding steroid dienone is 6. The van der Waals surface area contributed by atoms with Crippen molar-refractivity contribution in [2.75, 3.05) is 0 Å². The molecule has 0 aromatic rings. The molecular formula is C15H23+. The van der Waals surface area contributed by atoms with Gasteiger partial charge in [0.25, 0.3) is 0 Å². The summed E-state index contributed by atoms with van der Waals surface area (Å²) < 4.78 is 0. The Labute approximate surface area is 95.1 Å². The van der Waals surface area contributed by atoms with Gasteiger partial charge in [0.2, 0.25) is 0 Å². The minimum atomic E-state index is 0.969. The second-order valence-corrected chi connectivity index (χ2v) is 4.23. The smallest absolute Gasteiger partial charge is 0.0856 e. The van der Waals surface area contributed by atoms with Gasteiger partial charge in [-0.25, -0.2) is 0 Å². The van der Waals surface area contributed by atoms with Crippen LogP contribution in [0.25, 0.3) is 0 Å². The van der Waals surface area contributed by atoms with Gasteiger partial charge in [0.15, 0.2) is 6.08 Å². The van der Waals surface area contributed by atoms with Crippen molar-refractivity contribution in [3.8, 4) is 0 Å². The van der Waals surface area contributed by atoms with E-state index in [9.17, 15) is 0 Å². The Hall–Kier alpha value is -1.13. The van der Waals surface area contributed by atoms with Crippen molar-refractivity contribution in [2.45, 2.75) is 46.5 Å². The van der Waals surface area contributed by atoms with Gasteiger partial charge in [-0.15, -0.1) is 0 Å². The van der Waals surface area contributed by atoms with E-state index in [1.54, 1.807) is 6.08 Å². The minimum Gasteiger partial charge on any atom is -0.0856 e. The van der Waals surface area contributed by atoms with E-state index in [-0.39, 0.29) is 0 Å². The predicted molar refractivity (Wildman–Crippen MR) is 69.7 cm³/mol. The molecule has 0 fully saturated rings. The van der Waals surface area contributed by atoms with E-state index >= 15 is 0 Å². The second kappa shape index (κ2) is 8.20. The SMILES string of the molecule is [CH+]=CC(=C)CC/C=C(\C)CCC=C(C)C. The van der Waals surface area contributed by atoms with Crippen LogP contribution >= 0.6 is 0 Å². The fraction of sp³-hybridized carbons (Fsp3) is 0.467. The van der Waals surface area contributed by atoms with E-state index in [1.165, 1.54) is 11.1 Å². The number of hydrogen-bond donors (Lipinski definition) is 0. The highest BCUT2D eigenvalue weighted by Crippen LogP contribution is 2.10. The van der Waals surface area contributed by atoms with E-state index in [1.807, 2.05) is 0 Å². The van der Waals surface area contributed by atoms with Gasteiger partial charge in [-0.3, -0.25) is 0 Å². The Balaban J connectivity index is 3.74. The maximum Gasteiger partial charge on any atom is 0.154 e. The first-order valence-electron chi connectivity index (χ1n) is 5.58. The average Bonchev–Trinajstić information content (AvgIpc) is 2.17. The molecule has 0 rings (SSSR count). The van der Waals surface area contributed by atoms with Crippen LogP contribution in [-0.2, 0) is 0 Å². The van der Waals surface area contributed by atoms with Crippen LogP contribution < -0.4 is 0 Å². The predicted octanol–water partition coefficient (Wildman–Crippen LogP) is 5.00. The molecule has 0 spiro atoms. The highest BCUT2D eigenvalue weighted by Gasteiger charge is 1.95. The maximum atomic E-state index is 5.35. The van der Waals surface area contributed by atoms with E-state index in [2.05, 4.69) is 39.5 Å². The zero-order chi connectivity index (χ0) is 11.7. The summed E-state index contributed by atoms with van der Waals surface area (Å²) >= 11 is 0. The summed E-state index contributed by atoms with van der Waals surface area (Å²) in [5.74, 6) is 0. The van der Waals surface area contributed by atoms with Crippen molar-refractivity contribution < 1.29 is 0 Å². The van der Waals surface area contributed by atoms with Crippen LogP contribution in [0.1, 0.15) is 46.5 Å². The fourth-order valence-corrected chi connectivity index (χ4v) is 1.28. The standard InChI is InChI=1S/C15H23/c1-6-14(4)10-8-12-15(5)11-7-9-13(2)3/h1,6,9,12H,4,7-8,10-11H2,2-3,5H3/q+1/b15-12+. The third-order valence-electron chi connectivity index (χ3n) is 2.29. The molecule has 0 aromatic carbocycles. The van der Waals surface area contributed by atoms with Gasteiger partial charge in [-0.2, -0.15) is 0 Å². The van der Waals surface area contributed by atoms with Gasteiger partial charge in [0, 0.05) is 13.0 Å². The molecule has 0 heteroatoms. The lowest BCUT2D eigenvalue weighted by atomic mass is 10.1. The summed E-state index contributed by atoms with van der Waals surface area (Å²) in [4.78, 5) is 0. The van der Waals surface area contributed by atoms with E-state index in [4.69, 9.17) is 6.58 Å². The highest BCUT2D eigenvalue weighted by atomic mass is 14.0. The van der Waals surface area contributed by atoms with Crippen LogP contribution in [0.3, 0.4) is 0 Å². The topological polar surface area (TPSA) is 0 Å². The minimum absolute atomic E-state index is 0.969. The zero-order valence-electron chi connectivity index (χ0n) is 10.3. The summed E-state index contributed by atoms with van der Waals surface area (Å²) in [5.41, 5.74) is 3.87. The van der Waals surface area contributed by atoms with Gasteiger partial charge in [-0.05, 0) is 46.6 Å². The molecule has 15 heavy (non-hydrogen) atoms. The average molecular weight is 203 g/mol. The third kappa shape index (κ3) is 9.18. The normalized spacial score (nSPS) is 10.9. The first-order chi connectivity index (χ1) is 7.06. The molecule has 0 nitrogen and oxygen atoms in total. The Morgan fingerprint density at radius 1 is 1.07 bits per heavy atom. The van der Waals surface area contributed by atoms with Crippen molar-refractivity contribution in [2.24, 2.45) is 0 Å². The Morgan fingerprint density at radius 3 is 2.20 bits per heavy atom. The van der Waals surface area contributed by atoms with Gasteiger partial charge < -0.3 is 0 Å². The number of rotatable bonds is 7. The molecular weight excluding hydrogens is 180 g/mol. The lowest BCUT2D eigenvalue weighted by Crippen LogP contribution is -1.79. The van der Waals surface area contributed by atoms with Crippen LogP contribution in [0.4, 0.5) is 0 Å². The molecule has 0 amide bonds. The van der Waals surface area contributed by atoms with Crippen LogP contribution in [0.15, 0.2) is 41.5 Å². The fourth-order valence-electron chi connectivity index (χ4n) is 1.28. The van der Waals surface area contributed by atoms with E-state index in [0.29, 0.717) is 0 Å². The first-order valence-corrected chi connectivity index (χ1v) is 5.58. The molecule has 0 saturated heterocycles. The summed E-state index contributed by atoms with van der Waals surface area (Å²) in [6.07, 6.45) is 10.5. The van der Waals surface area contributed by atoms with Crippen LogP contribution in [0.2, 0.25) is 0 Å². The molecule has 0 unspecified atom stereocenters. The lowest BCUT2D eigenvalue weighted by molar-refractivity contribution is 0.928. The Kier molecular flexibility index (Phi) is 7.58. The zero-order valence-corrected chi connectivity index (χ0v) is 10.3. The quantitative estimate of drug-likeness (QED) is 0.310. The molecule has 82 valence electrons. The van der Waals surface area contributed by atoms with Crippen LogP contribution in [0.5, 0.6) is 0 Å². The molecule has 0 aromatic heterocycles. The van der Waals surface area contributed by atoms with Gasteiger partial charge in [0.1, 0.15) is 0 Å². The van der Waals surface area contributed by atoms with Crippen LogP contribution in [0, 0.1) is 6.58 Å². The molecule has 0 heterocycles. The van der Waals surface area contributed by atoms with E-state index < -0.39 is 0 Å². The molecule has 0 N–H and O–H groups in total. The summed E-state index contributed by atoms with van der Waals surface area (Å²) in [5, 5.41) is 0. The summed E-state index contributed by atoms with van der Waals surface area (Å²) in [6.45, 7) is 15.7. The summed E-state index contributed by atoms with van der Waals surface area (Å²) in [6, 6.07) is 0. The maximum absolute atomic E-state index is 5.35. The first kappa shape index (κ1) is 13.9. The van der Waals surface area contributed by atoms with Gasteiger partial charge >= 0.3 is 0 Å². The van der Waals surface area contributed by atoms with Crippen molar-refractivity contribution >= 4 is 0 Å². The molecule has 0 aliphatic rings. The highest BCUT2D eigenvalue weighted by molar-refractivity contribution is 5.11. The monoisotopic (exact) mass is 203 g/mol. The molecule has 0 aliphatic heterocycles. The summed E-state index contributed by atoms with van der Waals surface area (Å²) in [7, 11) is 0. The van der Waals surface area contributed by atoms with Crippen molar-refractivity contribution in [3.05, 3.63) is 48.1 Å². The third-order valence-corrected chi connectivity index (χ3v) is 2.29. The Morgan fingerprint density at radius 2 is 1.67 bits per heavy atom. The van der Waals surface area contributed by atoms with Crippen molar-refractivity contribution in [3.63, 3.8) is 0 Å². The molecule has 0 bridgehead atoms. The van der Waals surface area contributed by atoms with Gasteiger partial charge in [-0.1, -0.05) is 23.3 Å². The molecule has 0 aliphatic carbocycles. The lowest BCUT2D eigenvalue weighted by Gasteiger charge is -1.98. The van der Waals surface area contributed by atoms with Gasteiger partial charge in [0.05, 0.1) is 5.57 Å². The Bertz CT molecular complexity index is 260. The largest absolute Gasteiger partial charge is 0.154 e. The molecule has 0 atom stereocenters. The second-order valence-electron chi connectivity index (χ2n) is 4.23.